The summed E-state index contributed by atoms with van der Waals surface area (Å²) in [5, 5.41) is 0. The van der Waals surface area contributed by atoms with Crippen molar-refractivity contribution in [3.8, 4) is 5.75 Å². The molecule has 0 radical (unpaired) electrons. The lowest BCUT2D eigenvalue weighted by molar-refractivity contribution is 0.0640. The Kier molecular flexibility index (Phi) is 3.47. The maximum Gasteiger partial charge on any atom is 0.128 e. The van der Waals surface area contributed by atoms with Crippen molar-refractivity contribution in [1.29, 1.82) is 0 Å². The van der Waals surface area contributed by atoms with Crippen molar-refractivity contribution in [1.82, 2.24) is 4.90 Å². The number of methoxy groups -OCH3 is 1. The Labute approximate surface area is 96.3 Å². The Morgan fingerprint density at radius 2 is 2.00 bits per heavy atom. The summed E-state index contributed by atoms with van der Waals surface area (Å²) in [5.41, 5.74) is 2.08. The Morgan fingerprint density at radius 1 is 1.31 bits per heavy atom. The Morgan fingerprint density at radius 3 is 2.69 bits per heavy atom. The fraction of sp³-hybridized carbons (Fsp3) is 0.385. The van der Waals surface area contributed by atoms with E-state index in [1.165, 1.54) is 0 Å². The summed E-state index contributed by atoms with van der Waals surface area (Å²) >= 11 is 0. The maximum absolute atomic E-state index is 5.34. The van der Waals surface area contributed by atoms with Gasteiger partial charge in [0.05, 0.1) is 20.3 Å². The van der Waals surface area contributed by atoms with Crippen LogP contribution < -0.4 is 4.74 Å². The number of benzene rings is 1. The molecule has 1 aromatic carbocycles. The van der Waals surface area contributed by atoms with E-state index in [0.717, 1.165) is 43.3 Å². The lowest BCUT2D eigenvalue weighted by Gasteiger charge is -2.31. The van der Waals surface area contributed by atoms with Crippen LogP contribution in [0.4, 0.5) is 0 Å². The van der Waals surface area contributed by atoms with Gasteiger partial charge in [0.2, 0.25) is 0 Å². The SMILES string of the molecule is C=C(c1ccccc1OC)N1CCOCC1. The molecule has 2 rings (SSSR count). The average Bonchev–Trinajstić information content (AvgIpc) is 2.39. The fourth-order valence-electron chi connectivity index (χ4n) is 1.89. The van der Waals surface area contributed by atoms with Crippen LogP contribution in [0.3, 0.4) is 0 Å². The molecule has 86 valence electrons. The van der Waals surface area contributed by atoms with E-state index >= 15 is 0 Å². The van der Waals surface area contributed by atoms with E-state index in [1.54, 1.807) is 7.11 Å². The first-order chi connectivity index (χ1) is 7.83. The summed E-state index contributed by atoms with van der Waals surface area (Å²) in [7, 11) is 1.69. The highest BCUT2D eigenvalue weighted by Gasteiger charge is 2.15. The third-order valence-corrected chi connectivity index (χ3v) is 2.81. The Balaban J connectivity index is 2.19. The quantitative estimate of drug-likeness (QED) is 0.776. The molecule has 0 unspecified atom stereocenters. The second-order valence-corrected chi connectivity index (χ2v) is 3.75. The van der Waals surface area contributed by atoms with Crippen molar-refractivity contribution < 1.29 is 9.47 Å². The second-order valence-electron chi connectivity index (χ2n) is 3.75. The molecule has 3 nitrogen and oxygen atoms in total. The Hall–Kier alpha value is -1.48. The molecule has 3 heteroatoms. The first-order valence-corrected chi connectivity index (χ1v) is 5.48. The van der Waals surface area contributed by atoms with E-state index in [-0.39, 0.29) is 0 Å². The molecule has 1 aliphatic heterocycles. The molecule has 0 amide bonds. The molecule has 0 N–H and O–H groups in total. The summed E-state index contributed by atoms with van der Waals surface area (Å²) in [6, 6.07) is 7.97. The molecule has 0 aliphatic carbocycles. The zero-order valence-electron chi connectivity index (χ0n) is 9.61. The van der Waals surface area contributed by atoms with Crippen molar-refractivity contribution in [3.05, 3.63) is 36.4 Å². The molecule has 1 aliphatic rings. The molecule has 16 heavy (non-hydrogen) atoms. The number of nitrogens with zero attached hydrogens (tertiary/aromatic N) is 1. The van der Waals surface area contributed by atoms with Gasteiger partial charge >= 0.3 is 0 Å². The van der Waals surface area contributed by atoms with Crippen LogP contribution in [-0.2, 0) is 4.74 Å². The topological polar surface area (TPSA) is 21.7 Å². The molecular formula is C13H17NO2. The summed E-state index contributed by atoms with van der Waals surface area (Å²) in [4.78, 5) is 2.24. The minimum Gasteiger partial charge on any atom is -0.496 e. The molecule has 0 atom stereocenters. The van der Waals surface area contributed by atoms with Crippen LogP contribution in [-0.4, -0.2) is 38.3 Å². The molecule has 0 bridgehead atoms. The van der Waals surface area contributed by atoms with E-state index in [0.29, 0.717) is 0 Å². The Bertz CT molecular complexity index is 370. The highest BCUT2D eigenvalue weighted by molar-refractivity contribution is 5.67. The summed E-state index contributed by atoms with van der Waals surface area (Å²) in [5.74, 6) is 0.874. The van der Waals surface area contributed by atoms with Crippen molar-refractivity contribution in [2.45, 2.75) is 0 Å². The minimum atomic E-state index is 0.772. The standard InChI is InChI=1S/C13H17NO2/c1-11(14-7-9-16-10-8-14)12-5-3-4-6-13(12)15-2/h3-6H,1,7-10H2,2H3. The van der Waals surface area contributed by atoms with Gasteiger partial charge in [-0.25, -0.2) is 0 Å². The summed E-state index contributed by atoms with van der Waals surface area (Å²) < 4.78 is 10.7. The van der Waals surface area contributed by atoms with Gasteiger partial charge in [-0.3, -0.25) is 0 Å². The first-order valence-electron chi connectivity index (χ1n) is 5.48. The van der Waals surface area contributed by atoms with Gasteiger partial charge in [-0.15, -0.1) is 0 Å². The third kappa shape index (κ3) is 2.19. The van der Waals surface area contributed by atoms with Crippen molar-refractivity contribution >= 4 is 5.70 Å². The number of ether oxygens (including phenoxy) is 2. The highest BCUT2D eigenvalue weighted by Crippen LogP contribution is 2.27. The number of para-hydroxylation sites is 1. The molecule has 0 saturated carbocycles. The average molecular weight is 219 g/mol. The third-order valence-electron chi connectivity index (χ3n) is 2.81. The van der Waals surface area contributed by atoms with Gasteiger partial charge < -0.3 is 14.4 Å². The lowest BCUT2D eigenvalue weighted by Crippen LogP contribution is -2.34. The van der Waals surface area contributed by atoms with Gasteiger partial charge in [-0.1, -0.05) is 18.7 Å². The van der Waals surface area contributed by atoms with Crippen LogP contribution in [0.1, 0.15) is 5.56 Å². The van der Waals surface area contributed by atoms with Crippen molar-refractivity contribution in [3.63, 3.8) is 0 Å². The molecule has 1 saturated heterocycles. The number of hydrogen-bond acceptors (Lipinski definition) is 3. The number of hydrogen-bond donors (Lipinski definition) is 0. The van der Waals surface area contributed by atoms with Gasteiger partial charge in [0.25, 0.3) is 0 Å². The van der Waals surface area contributed by atoms with E-state index in [9.17, 15) is 0 Å². The predicted octanol–water partition coefficient (Wildman–Crippen LogP) is 2.00. The van der Waals surface area contributed by atoms with Crippen molar-refractivity contribution in [2.75, 3.05) is 33.4 Å². The second kappa shape index (κ2) is 5.03. The van der Waals surface area contributed by atoms with Gasteiger partial charge in [-0.2, -0.15) is 0 Å². The van der Waals surface area contributed by atoms with Gasteiger partial charge in [0, 0.05) is 24.4 Å². The van der Waals surface area contributed by atoms with Crippen LogP contribution in [0.5, 0.6) is 5.75 Å². The number of rotatable bonds is 3. The predicted molar refractivity (Wildman–Crippen MR) is 64.4 cm³/mol. The normalized spacial score (nSPS) is 15.9. The van der Waals surface area contributed by atoms with Crippen molar-refractivity contribution in [2.24, 2.45) is 0 Å². The zero-order valence-corrected chi connectivity index (χ0v) is 9.61. The first kappa shape index (κ1) is 11.0. The van der Waals surface area contributed by atoms with Gasteiger partial charge in [0.1, 0.15) is 5.75 Å². The number of morpholine rings is 1. The van der Waals surface area contributed by atoms with E-state index < -0.39 is 0 Å². The summed E-state index contributed by atoms with van der Waals surface area (Å²) in [6.07, 6.45) is 0. The van der Waals surface area contributed by atoms with Gasteiger partial charge in [0.15, 0.2) is 0 Å². The van der Waals surface area contributed by atoms with E-state index in [4.69, 9.17) is 9.47 Å². The van der Waals surface area contributed by atoms with Crippen LogP contribution in [0.2, 0.25) is 0 Å². The highest BCUT2D eigenvalue weighted by atomic mass is 16.5. The van der Waals surface area contributed by atoms with Crippen LogP contribution in [0.25, 0.3) is 5.70 Å². The van der Waals surface area contributed by atoms with Crippen LogP contribution in [0.15, 0.2) is 30.8 Å². The van der Waals surface area contributed by atoms with E-state index in [2.05, 4.69) is 11.5 Å². The largest absolute Gasteiger partial charge is 0.496 e. The van der Waals surface area contributed by atoms with E-state index in [1.807, 2.05) is 24.3 Å². The smallest absolute Gasteiger partial charge is 0.128 e. The zero-order chi connectivity index (χ0) is 11.4. The molecule has 1 aromatic rings. The van der Waals surface area contributed by atoms with Crippen LogP contribution in [0, 0.1) is 0 Å². The fourth-order valence-corrected chi connectivity index (χ4v) is 1.89. The van der Waals surface area contributed by atoms with Crippen LogP contribution >= 0.6 is 0 Å². The van der Waals surface area contributed by atoms with Gasteiger partial charge in [-0.05, 0) is 12.1 Å². The molecule has 1 heterocycles. The molecule has 0 spiro atoms. The molecular weight excluding hydrogens is 202 g/mol. The minimum absolute atomic E-state index is 0.772. The monoisotopic (exact) mass is 219 g/mol. The lowest BCUT2D eigenvalue weighted by atomic mass is 10.1. The molecule has 1 fully saturated rings. The summed E-state index contributed by atoms with van der Waals surface area (Å²) in [6.45, 7) is 7.49. The molecule has 0 aromatic heterocycles. The maximum atomic E-state index is 5.34.